The van der Waals surface area contributed by atoms with Gasteiger partial charge in [0.05, 0.1) is 44.7 Å². The number of benzene rings is 18. The van der Waals surface area contributed by atoms with Gasteiger partial charge in [0.1, 0.15) is 0 Å². The summed E-state index contributed by atoms with van der Waals surface area (Å²) in [4.78, 5) is 13.1. The Morgan fingerprint density at radius 1 is 0.208 bits per heavy atom. The van der Waals surface area contributed by atoms with Crippen molar-refractivity contribution in [2.24, 2.45) is 0 Å². The quantitative estimate of drug-likeness (QED) is 0.113. The van der Waals surface area contributed by atoms with Gasteiger partial charge in [-0.05, 0) is 287 Å². The molecule has 0 saturated carbocycles. The van der Waals surface area contributed by atoms with Gasteiger partial charge in [-0.3, -0.25) is 0 Å². The third-order valence-electron chi connectivity index (χ3n) is 29.4. The summed E-state index contributed by atoms with van der Waals surface area (Å²) in [5, 5.41) is 1.53. The van der Waals surface area contributed by atoms with Crippen LogP contribution in [0.1, 0.15) is 233 Å². The molecule has 22 rings (SSSR count). The Labute approximate surface area is 880 Å². The van der Waals surface area contributed by atoms with E-state index in [0.717, 1.165) is 89.8 Å². The van der Waals surface area contributed by atoms with Crippen LogP contribution in [0.3, 0.4) is 0 Å². The van der Waals surface area contributed by atoms with Crippen LogP contribution in [0.4, 0.5) is 102 Å². The molecule has 0 radical (unpaired) electrons. The maximum Gasteiger partial charge on any atom is 0.252 e. The van der Waals surface area contributed by atoms with Crippen molar-refractivity contribution >= 4 is 170 Å². The summed E-state index contributed by atoms with van der Waals surface area (Å²) >= 11 is 0. The highest BCUT2D eigenvalue weighted by molar-refractivity contribution is 7.01. The third kappa shape index (κ3) is 17.7. The number of fused-ring (bicyclic) bond motifs is 10. The summed E-state index contributed by atoms with van der Waals surface area (Å²) in [5.74, 6) is 0. The van der Waals surface area contributed by atoms with E-state index in [1.165, 1.54) is 88.2 Å². The molecule has 716 valence electrons. The first kappa shape index (κ1) is 78.0. The predicted molar refractivity (Wildman–Crippen MR) is 626 cm³/mol. The van der Waals surface area contributed by atoms with Crippen molar-refractivity contribution in [2.45, 2.75) is 209 Å². The highest BCUT2D eigenvalue weighted by Gasteiger charge is 2.49. The zero-order chi connectivity index (χ0) is 115. The molecule has 0 amide bonds. The highest BCUT2D eigenvalue weighted by Crippen LogP contribution is 2.55. The van der Waals surface area contributed by atoms with Gasteiger partial charge in [-0.15, -0.1) is 0 Å². The third-order valence-corrected chi connectivity index (χ3v) is 29.4. The summed E-state index contributed by atoms with van der Waals surface area (Å²) < 4.78 is 150. The minimum absolute atomic E-state index is 0.00807. The zero-order valence-electron chi connectivity index (χ0n) is 104. The molecule has 0 N–H and O–H groups in total. The minimum atomic E-state index is -0.822. The van der Waals surface area contributed by atoms with Crippen LogP contribution in [0, 0.1) is 0 Å². The molecule has 0 spiro atoms. The van der Waals surface area contributed by atoms with E-state index in [9.17, 15) is 13.7 Å². The SMILES string of the molecule is CC(C)(C)c1ccc(N2c3ccc(C(C)(C)C)cc3B3c4cc(C(C)(C)C)ccc4N(c4ccc(C(C)(C)C)cc4)c4cc(N(c5ccc6ccccc6c5)c5ccccc5-c5ccccc5)cc2c43)cc1.[2H]c1c([2H])c([2H])c(-c2c([2H])c([2H])c([2H])c([2H])c2N(c2cc3c4c(c2)N(c2ccc(C(C)(C)C)cc2)c2ccc(C(C)(C)C)cc2B4c2cc(C(C)(C)C)ccc2N3c2ccc(C(C)(C)C)cc2)c2c([2H])c([2H])c3c([2H])c([2H])c([2H])c([2H])c3c2[2H])c([2H])c1[2H]. The number of hydrogen-bond acceptors (Lipinski definition) is 6. The fourth-order valence-corrected chi connectivity index (χ4v) is 21.2. The molecule has 0 saturated heterocycles. The van der Waals surface area contributed by atoms with Gasteiger partial charge in [0.2, 0.25) is 0 Å². The largest absolute Gasteiger partial charge is 0.311 e. The molecule has 0 aromatic heterocycles. The predicted octanol–water partition coefficient (Wildman–Crippen LogP) is 34.5. The molecule has 0 atom stereocenters. The Balaban J connectivity index is 0.000000188. The number of hydrogen-bond donors (Lipinski definition) is 0. The molecule has 144 heavy (non-hydrogen) atoms. The van der Waals surface area contributed by atoms with Gasteiger partial charge < -0.3 is 29.4 Å². The van der Waals surface area contributed by atoms with Crippen LogP contribution in [-0.4, -0.2) is 13.4 Å². The van der Waals surface area contributed by atoms with Gasteiger partial charge in [0.15, 0.2) is 0 Å². The van der Waals surface area contributed by atoms with Crippen molar-refractivity contribution in [1.82, 2.24) is 0 Å². The second kappa shape index (κ2) is 35.8. The average Bonchev–Trinajstić information content (AvgIpc) is 0.671. The van der Waals surface area contributed by atoms with Gasteiger partial charge in [-0.2, -0.15) is 0 Å². The molecule has 18 aromatic rings. The highest BCUT2D eigenvalue weighted by atomic mass is 15.2. The lowest BCUT2D eigenvalue weighted by Crippen LogP contribution is -2.61. The van der Waals surface area contributed by atoms with Gasteiger partial charge in [-0.25, -0.2) is 0 Å². The summed E-state index contributed by atoms with van der Waals surface area (Å²) in [7, 11) is 0. The lowest BCUT2D eigenvalue weighted by atomic mass is 9.33. The van der Waals surface area contributed by atoms with Crippen LogP contribution in [0.2, 0.25) is 0 Å². The van der Waals surface area contributed by atoms with E-state index in [-0.39, 0.29) is 55.7 Å². The van der Waals surface area contributed by atoms with Crippen LogP contribution >= 0.6 is 0 Å². The molecule has 0 aliphatic carbocycles. The lowest BCUT2D eigenvalue weighted by molar-refractivity contribution is 0.590. The van der Waals surface area contributed by atoms with Crippen molar-refractivity contribution in [2.75, 3.05) is 29.4 Å². The lowest BCUT2D eigenvalue weighted by Gasteiger charge is -2.45. The number of anilines is 18. The van der Waals surface area contributed by atoms with E-state index in [2.05, 4.69) is 445 Å². The maximum absolute atomic E-state index is 10.3. The minimum Gasteiger partial charge on any atom is -0.311 e. The molecule has 4 heterocycles. The van der Waals surface area contributed by atoms with Crippen molar-refractivity contribution in [3.8, 4) is 22.3 Å². The maximum atomic E-state index is 10.3. The first-order valence-electron chi connectivity index (χ1n) is 58.6. The zero-order valence-corrected chi connectivity index (χ0v) is 87.6. The van der Waals surface area contributed by atoms with Crippen LogP contribution < -0.4 is 62.2 Å². The molecular formula is C136H136B2N6. The van der Waals surface area contributed by atoms with Gasteiger partial charge in [0.25, 0.3) is 13.4 Å². The average molecular weight is 1890 g/mol. The normalized spacial score (nSPS) is 15.0. The molecule has 0 fully saturated rings. The van der Waals surface area contributed by atoms with Crippen molar-refractivity contribution < 1.29 is 21.9 Å². The molecule has 8 heteroatoms. The van der Waals surface area contributed by atoms with Crippen LogP contribution in [0.15, 0.2) is 388 Å². The Hall–Kier alpha value is -14.6. The van der Waals surface area contributed by atoms with Crippen molar-refractivity contribution in [3.63, 3.8) is 0 Å². The van der Waals surface area contributed by atoms with Gasteiger partial charge in [0, 0.05) is 90.8 Å². The summed E-state index contributed by atoms with van der Waals surface area (Å²) in [6.07, 6.45) is 0. The Morgan fingerprint density at radius 2 is 0.535 bits per heavy atom. The van der Waals surface area contributed by atoms with E-state index in [1.807, 2.05) is 24.3 Å². The first-order valence-corrected chi connectivity index (χ1v) is 50.6. The summed E-state index contributed by atoms with van der Waals surface area (Å²) in [6.45, 7) is 53.2. The van der Waals surface area contributed by atoms with Crippen LogP contribution in [0.25, 0.3) is 43.8 Å². The Kier molecular flexibility index (Phi) is 19.4. The molecular weight excluding hydrogens is 1740 g/mol. The molecule has 6 nitrogen and oxygen atoms in total. The topological polar surface area (TPSA) is 19.4 Å². The number of para-hydroxylation sites is 2. The van der Waals surface area contributed by atoms with E-state index in [1.54, 1.807) is 12.1 Å². The second-order valence-electron chi connectivity index (χ2n) is 47.6. The van der Waals surface area contributed by atoms with Crippen molar-refractivity contribution in [1.29, 1.82) is 0 Å². The Bertz CT molecular complexity index is 8690. The van der Waals surface area contributed by atoms with E-state index in [4.69, 9.17) is 8.22 Å². The molecule has 4 aliphatic heterocycles. The first-order chi connectivity index (χ1) is 75.1. The molecule has 0 unspecified atom stereocenters. The molecule has 4 aliphatic rings. The second-order valence-corrected chi connectivity index (χ2v) is 47.6. The van der Waals surface area contributed by atoms with Crippen molar-refractivity contribution in [3.05, 3.63) is 432 Å². The monoisotopic (exact) mass is 1890 g/mol. The van der Waals surface area contributed by atoms with E-state index in [0.29, 0.717) is 11.4 Å². The summed E-state index contributed by atoms with van der Waals surface area (Å²) in [5.41, 5.74) is 29.8. The fourth-order valence-electron chi connectivity index (χ4n) is 21.2. The van der Waals surface area contributed by atoms with Gasteiger partial charge in [-0.1, -0.05) is 421 Å². The molecule has 0 bridgehead atoms. The smallest absolute Gasteiger partial charge is 0.252 e. The fraction of sp³-hybridized carbons (Fsp3) is 0.235. The number of rotatable bonds is 12. The number of nitrogens with zero attached hydrogens (tertiary/aromatic N) is 6. The van der Waals surface area contributed by atoms with E-state index >= 15 is 0 Å². The van der Waals surface area contributed by atoms with E-state index < -0.39 is 137 Å². The van der Waals surface area contributed by atoms with Crippen LogP contribution in [-0.2, 0) is 43.3 Å². The molecule has 18 aromatic carbocycles. The standard InChI is InChI=1S/2C68H68BN3/c2*1-65(2,3)48-27-34-52(35-28-48)71-60-38-31-50(67(7,8)9)41-57(60)69-58-42-51(68(10,11)12)32-39-61(58)72(53-36-29-49(30-37-53)66(4,5)6)63-44-55(43-62(71)64(63)69)70(54-33-26-45-20-16-17-23-47(45)40-54)59-25-19-18-24-56(59)46-21-14-13-15-22-46/h2*13-44H,1-12H3/i13D,14D,15D,16D,17D,18D,19D,20D,21D,22D,23D,24D,25D,26D,33D,40D;. The van der Waals surface area contributed by atoms with Crippen LogP contribution in [0.5, 0.6) is 0 Å². The Morgan fingerprint density at radius 3 is 0.924 bits per heavy atom. The van der Waals surface area contributed by atoms with Gasteiger partial charge >= 0.3 is 0 Å². The summed E-state index contributed by atoms with van der Waals surface area (Å²) in [6, 6.07) is 94.8.